The number of hydrogen-bond donors (Lipinski definition) is 2. The van der Waals surface area contributed by atoms with E-state index in [1.807, 2.05) is 31.2 Å². The highest BCUT2D eigenvalue weighted by atomic mass is 16.4. The summed E-state index contributed by atoms with van der Waals surface area (Å²) < 4.78 is 0. The summed E-state index contributed by atoms with van der Waals surface area (Å²) in [5, 5.41) is 12.9. The van der Waals surface area contributed by atoms with E-state index in [0.717, 1.165) is 24.0 Å². The lowest BCUT2D eigenvalue weighted by atomic mass is 9.90. The predicted octanol–water partition coefficient (Wildman–Crippen LogP) is 2.30. The fourth-order valence-corrected chi connectivity index (χ4v) is 2.57. The molecule has 2 N–H and O–H groups in total. The lowest BCUT2D eigenvalue weighted by molar-refractivity contribution is -0.145. The zero-order valence-corrected chi connectivity index (χ0v) is 10.4. The van der Waals surface area contributed by atoms with E-state index in [0.29, 0.717) is 6.42 Å². The second-order valence-corrected chi connectivity index (χ2v) is 4.82. The van der Waals surface area contributed by atoms with Gasteiger partial charge in [0, 0.05) is 6.04 Å². The Morgan fingerprint density at radius 1 is 1.53 bits per heavy atom. The molecule has 17 heavy (non-hydrogen) atoms. The summed E-state index contributed by atoms with van der Waals surface area (Å²) in [4.78, 5) is 11.7. The first kappa shape index (κ1) is 12.1. The van der Waals surface area contributed by atoms with Gasteiger partial charge in [0.05, 0.1) is 0 Å². The molecule has 0 radical (unpaired) electrons. The van der Waals surface area contributed by atoms with Crippen LogP contribution >= 0.6 is 0 Å². The molecular formula is C14H19NO2. The Hall–Kier alpha value is -1.35. The lowest BCUT2D eigenvalue weighted by Crippen LogP contribution is -2.51. The second kappa shape index (κ2) is 4.49. The average Bonchev–Trinajstić information content (AvgIpc) is 2.70. The molecule has 0 aliphatic heterocycles. The molecule has 0 saturated heterocycles. The van der Waals surface area contributed by atoms with E-state index >= 15 is 0 Å². The van der Waals surface area contributed by atoms with Crippen molar-refractivity contribution >= 4 is 5.97 Å². The summed E-state index contributed by atoms with van der Waals surface area (Å²) in [6.45, 7) is 4.10. The molecule has 0 bridgehead atoms. The van der Waals surface area contributed by atoms with Gasteiger partial charge in [-0.2, -0.15) is 0 Å². The van der Waals surface area contributed by atoms with E-state index in [9.17, 15) is 9.90 Å². The van der Waals surface area contributed by atoms with Gasteiger partial charge in [0.1, 0.15) is 5.54 Å². The van der Waals surface area contributed by atoms with Crippen LogP contribution in [0.2, 0.25) is 0 Å². The normalized spacial score (nSPS) is 24.4. The maximum Gasteiger partial charge on any atom is 0.328 e. The molecule has 3 nitrogen and oxygen atoms in total. The summed E-state index contributed by atoms with van der Waals surface area (Å²) in [5.74, 6) is -0.761. The van der Waals surface area contributed by atoms with Crippen molar-refractivity contribution in [2.45, 2.75) is 44.7 Å². The third-order valence-corrected chi connectivity index (χ3v) is 3.72. The number of hydrogen-bond acceptors (Lipinski definition) is 2. The Balaban J connectivity index is 2.41. The van der Waals surface area contributed by atoms with Gasteiger partial charge in [-0.25, -0.2) is 4.79 Å². The fourth-order valence-electron chi connectivity index (χ4n) is 2.57. The summed E-state index contributed by atoms with van der Waals surface area (Å²) in [6.07, 6.45) is 2.41. The third-order valence-electron chi connectivity index (χ3n) is 3.72. The number of nitrogens with one attached hydrogen (secondary N) is 1. The first-order valence-electron chi connectivity index (χ1n) is 6.19. The Kier molecular flexibility index (Phi) is 3.20. The summed E-state index contributed by atoms with van der Waals surface area (Å²) in [7, 11) is 0. The Morgan fingerprint density at radius 2 is 2.24 bits per heavy atom. The largest absolute Gasteiger partial charge is 0.480 e. The minimum Gasteiger partial charge on any atom is -0.480 e. The number of rotatable bonds is 4. The minimum absolute atomic E-state index is 0.206. The Morgan fingerprint density at radius 3 is 2.88 bits per heavy atom. The van der Waals surface area contributed by atoms with Crippen molar-refractivity contribution in [3.63, 3.8) is 0 Å². The molecule has 2 rings (SSSR count). The molecule has 2 atom stereocenters. The van der Waals surface area contributed by atoms with Crippen LogP contribution in [0.15, 0.2) is 24.3 Å². The van der Waals surface area contributed by atoms with E-state index in [-0.39, 0.29) is 6.04 Å². The molecule has 1 aliphatic carbocycles. The highest BCUT2D eigenvalue weighted by Crippen LogP contribution is 2.37. The molecule has 1 aromatic rings. The molecule has 0 aromatic heterocycles. The monoisotopic (exact) mass is 233 g/mol. The maximum atomic E-state index is 11.7. The fraction of sp³-hybridized carbons (Fsp3) is 0.500. The molecule has 92 valence electrons. The molecule has 1 aliphatic rings. The van der Waals surface area contributed by atoms with Crippen LogP contribution in [0.4, 0.5) is 0 Å². The molecule has 2 unspecified atom stereocenters. The van der Waals surface area contributed by atoms with Crippen molar-refractivity contribution in [2.75, 3.05) is 0 Å². The van der Waals surface area contributed by atoms with E-state index in [1.54, 1.807) is 0 Å². The van der Waals surface area contributed by atoms with Gasteiger partial charge in [0.15, 0.2) is 0 Å². The third kappa shape index (κ3) is 1.95. The molecule has 0 amide bonds. The molecular weight excluding hydrogens is 214 g/mol. The van der Waals surface area contributed by atoms with Gasteiger partial charge in [-0.1, -0.05) is 31.2 Å². The molecule has 1 aromatic carbocycles. The van der Waals surface area contributed by atoms with E-state index in [2.05, 4.69) is 12.2 Å². The predicted molar refractivity (Wildman–Crippen MR) is 67.0 cm³/mol. The van der Waals surface area contributed by atoms with Crippen LogP contribution < -0.4 is 5.32 Å². The van der Waals surface area contributed by atoms with Gasteiger partial charge in [-0.05, 0) is 37.3 Å². The number of aliphatic carboxylic acids is 1. The van der Waals surface area contributed by atoms with E-state index < -0.39 is 11.5 Å². The number of fused-ring (bicyclic) bond motifs is 1. The SMILES string of the molecule is CCC(C)NC1(C(=O)O)CCc2ccccc21. The number of aryl methyl sites for hydroxylation is 1. The van der Waals surface area contributed by atoms with Crippen molar-refractivity contribution in [1.29, 1.82) is 0 Å². The minimum atomic E-state index is -0.883. The van der Waals surface area contributed by atoms with Crippen LogP contribution in [0.5, 0.6) is 0 Å². The van der Waals surface area contributed by atoms with Crippen LogP contribution in [0.1, 0.15) is 37.8 Å². The summed E-state index contributed by atoms with van der Waals surface area (Å²) in [5.41, 5.74) is 1.21. The van der Waals surface area contributed by atoms with Crippen molar-refractivity contribution in [3.8, 4) is 0 Å². The van der Waals surface area contributed by atoms with Gasteiger partial charge < -0.3 is 5.11 Å². The number of carboxylic acids is 1. The smallest absolute Gasteiger partial charge is 0.328 e. The average molecular weight is 233 g/mol. The molecule has 3 heteroatoms. The number of carboxylic acid groups (broad SMARTS) is 1. The second-order valence-electron chi connectivity index (χ2n) is 4.82. The molecule has 0 saturated carbocycles. The van der Waals surface area contributed by atoms with Gasteiger partial charge >= 0.3 is 5.97 Å². The van der Waals surface area contributed by atoms with Gasteiger partial charge in [0.2, 0.25) is 0 Å². The van der Waals surface area contributed by atoms with E-state index in [1.165, 1.54) is 0 Å². The first-order valence-corrected chi connectivity index (χ1v) is 6.19. The molecule has 0 heterocycles. The Labute approximate surface area is 102 Å². The topological polar surface area (TPSA) is 49.3 Å². The van der Waals surface area contributed by atoms with Crippen molar-refractivity contribution in [1.82, 2.24) is 5.32 Å². The lowest BCUT2D eigenvalue weighted by Gasteiger charge is -2.30. The van der Waals surface area contributed by atoms with Crippen LogP contribution in [0, 0.1) is 0 Å². The van der Waals surface area contributed by atoms with Crippen molar-refractivity contribution in [3.05, 3.63) is 35.4 Å². The zero-order chi connectivity index (χ0) is 12.5. The number of carbonyl (C=O) groups is 1. The van der Waals surface area contributed by atoms with Crippen LogP contribution in [-0.2, 0) is 16.8 Å². The van der Waals surface area contributed by atoms with Gasteiger partial charge in [0.25, 0.3) is 0 Å². The quantitative estimate of drug-likeness (QED) is 0.839. The van der Waals surface area contributed by atoms with Crippen LogP contribution in [-0.4, -0.2) is 17.1 Å². The van der Waals surface area contributed by atoms with Gasteiger partial charge in [-0.15, -0.1) is 0 Å². The van der Waals surface area contributed by atoms with Crippen LogP contribution in [0.3, 0.4) is 0 Å². The first-order chi connectivity index (χ1) is 8.10. The van der Waals surface area contributed by atoms with Crippen molar-refractivity contribution < 1.29 is 9.90 Å². The van der Waals surface area contributed by atoms with Crippen molar-refractivity contribution in [2.24, 2.45) is 0 Å². The van der Waals surface area contributed by atoms with Gasteiger partial charge in [-0.3, -0.25) is 5.32 Å². The van der Waals surface area contributed by atoms with Crippen LogP contribution in [0.25, 0.3) is 0 Å². The highest BCUT2D eigenvalue weighted by molar-refractivity contribution is 5.82. The van der Waals surface area contributed by atoms with E-state index in [4.69, 9.17) is 0 Å². The summed E-state index contributed by atoms with van der Waals surface area (Å²) in [6, 6.07) is 8.06. The zero-order valence-electron chi connectivity index (χ0n) is 10.4. The molecule has 0 fully saturated rings. The number of benzene rings is 1. The molecule has 0 spiro atoms. The summed E-state index contributed by atoms with van der Waals surface area (Å²) >= 11 is 0. The standard InChI is InChI=1S/C14H19NO2/c1-3-10(2)15-14(13(16)17)9-8-11-6-4-5-7-12(11)14/h4-7,10,15H,3,8-9H2,1-2H3,(H,16,17). The highest BCUT2D eigenvalue weighted by Gasteiger charge is 2.45. The Bertz CT molecular complexity index is 430. The maximum absolute atomic E-state index is 11.7.